The molecular formula is C19H23N5O. The molecule has 2 aromatic heterocycles. The van der Waals surface area contributed by atoms with Gasteiger partial charge in [0.05, 0.1) is 0 Å². The first kappa shape index (κ1) is 16.0. The van der Waals surface area contributed by atoms with Gasteiger partial charge in [-0.05, 0) is 48.9 Å². The fraction of sp³-hybridized carbons (Fsp3) is 0.474. The van der Waals surface area contributed by atoms with Gasteiger partial charge in [-0.3, -0.25) is 9.78 Å². The molecule has 25 heavy (non-hydrogen) atoms. The Morgan fingerprint density at radius 1 is 1.20 bits per heavy atom. The molecule has 3 heterocycles. The van der Waals surface area contributed by atoms with E-state index in [-0.39, 0.29) is 5.92 Å². The summed E-state index contributed by atoms with van der Waals surface area (Å²) in [5.41, 5.74) is 1.19. The van der Waals surface area contributed by atoms with Gasteiger partial charge < -0.3 is 9.80 Å². The van der Waals surface area contributed by atoms with Gasteiger partial charge >= 0.3 is 0 Å². The van der Waals surface area contributed by atoms with Crippen LogP contribution >= 0.6 is 0 Å². The van der Waals surface area contributed by atoms with Crippen LogP contribution < -0.4 is 4.90 Å². The monoisotopic (exact) mass is 337 g/mol. The van der Waals surface area contributed by atoms with Crippen LogP contribution in [0.2, 0.25) is 0 Å². The lowest BCUT2D eigenvalue weighted by Crippen LogP contribution is -2.46. The van der Waals surface area contributed by atoms with E-state index in [0.717, 1.165) is 38.2 Å². The number of piperidine rings is 1. The summed E-state index contributed by atoms with van der Waals surface area (Å²) >= 11 is 0. The van der Waals surface area contributed by atoms with Crippen LogP contribution in [0.5, 0.6) is 0 Å². The van der Waals surface area contributed by atoms with E-state index in [1.165, 1.54) is 5.56 Å². The molecule has 1 aliphatic heterocycles. The first-order valence-electron chi connectivity index (χ1n) is 8.93. The van der Waals surface area contributed by atoms with E-state index in [1.54, 1.807) is 12.4 Å². The molecule has 1 saturated carbocycles. The quantitative estimate of drug-likeness (QED) is 0.855. The first-order chi connectivity index (χ1) is 12.2. The number of amides is 1. The van der Waals surface area contributed by atoms with E-state index in [2.05, 4.69) is 33.2 Å². The van der Waals surface area contributed by atoms with Gasteiger partial charge in [0.2, 0.25) is 5.91 Å². The summed E-state index contributed by atoms with van der Waals surface area (Å²) < 4.78 is 0. The van der Waals surface area contributed by atoms with Crippen molar-refractivity contribution in [2.45, 2.75) is 31.2 Å². The van der Waals surface area contributed by atoms with E-state index in [9.17, 15) is 4.79 Å². The minimum absolute atomic E-state index is 0.151. The predicted molar refractivity (Wildman–Crippen MR) is 95.1 cm³/mol. The Hall–Kier alpha value is -2.50. The number of carbonyl (C=O) groups is 1. The van der Waals surface area contributed by atoms with Crippen LogP contribution in [-0.4, -0.2) is 52.2 Å². The van der Waals surface area contributed by atoms with E-state index >= 15 is 0 Å². The molecule has 2 atom stereocenters. The number of nitrogens with zero attached hydrogens (tertiary/aromatic N) is 5. The maximum atomic E-state index is 12.8. The Labute approximate surface area is 147 Å². The van der Waals surface area contributed by atoms with Crippen LogP contribution in [0, 0.1) is 5.92 Å². The average molecular weight is 337 g/mol. The number of rotatable bonds is 4. The molecule has 2 aliphatic rings. The molecule has 0 radical (unpaired) electrons. The topological polar surface area (TPSA) is 62.2 Å². The highest BCUT2D eigenvalue weighted by Crippen LogP contribution is 2.48. The van der Waals surface area contributed by atoms with E-state index in [1.807, 2.05) is 29.3 Å². The van der Waals surface area contributed by atoms with Crippen molar-refractivity contribution in [3.05, 3.63) is 48.4 Å². The number of hydrogen-bond donors (Lipinski definition) is 0. The van der Waals surface area contributed by atoms with E-state index < -0.39 is 0 Å². The molecule has 0 N–H and O–H groups in total. The zero-order chi connectivity index (χ0) is 17.2. The van der Waals surface area contributed by atoms with Crippen molar-refractivity contribution < 1.29 is 4.79 Å². The molecular weight excluding hydrogens is 314 g/mol. The number of anilines is 1. The van der Waals surface area contributed by atoms with Gasteiger partial charge in [0.25, 0.3) is 0 Å². The number of hydrogen-bond acceptors (Lipinski definition) is 5. The highest BCUT2D eigenvalue weighted by molar-refractivity contribution is 5.83. The maximum absolute atomic E-state index is 12.8. The third-order valence-corrected chi connectivity index (χ3v) is 5.46. The molecule has 1 amide bonds. The summed E-state index contributed by atoms with van der Waals surface area (Å²) in [6.45, 7) is 1.65. The fourth-order valence-corrected chi connectivity index (χ4v) is 3.81. The van der Waals surface area contributed by atoms with E-state index in [0.29, 0.717) is 17.9 Å². The second-order valence-electron chi connectivity index (χ2n) is 6.98. The standard InChI is InChI=1S/C19H23N5O/c1-23(18-5-3-9-21-22-18)15-6-10-24(11-7-15)19(25)17-12-16(17)14-4-2-8-20-13-14/h2-5,8-9,13,15-17H,6-7,10-12H2,1H3/t16-,17-/m1/s1. The van der Waals surface area contributed by atoms with E-state index in [4.69, 9.17) is 0 Å². The Morgan fingerprint density at radius 2 is 2.00 bits per heavy atom. The summed E-state index contributed by atoms with van der Waals surface area (Å²) in [6, 6.07) is 8.32. The molecule has 130 valence electrons. The van der Waals surface area contributed by atoms with Crippen molar-refractivity contribution in [3.63, 3.8) is 0 Å². The number of aromatic nitrogens is 3. The van der Waals surface area contributed by atoms with Gasteiger partial charge in [-0.15, -0.1) is 5.10 Å². The molecule has 6 heteroatoms. The van der Waals surface area contributed by atoms with Gasteiger partial charge in [-0.25, -0.2) is 0 Å². The molecule has 2 aromatic rings. The Morgan fingerprint density at radius 3 is 2.68 bits per heavy atom. The van der Waals surface area contributed by atoms with Crippen LogP contribution in [0.3, 0.4) is 0 Å². The minimum atomic E-state index is 0.151. The third kappa shape index (κ3) is 3.34. The fourth-order valence-electron chi connectivity index (χ4n) is 3.81. The average Bonchev–Trinajstić information content (AvgIpc) is 3.49. The lowest BCUT2D eigenvalue weighted by Gasteiger charge is -2.37. The SMILES string of the molecule is CN(c1cccnn1)C1CCN(C(=O)[C@@H]2C[C@@H]2c2cccnc2)CC1. The Balaban J connectivity index is 1.31. The maximum Gasteiger partial charge on any atom is 0.226 e. The van der Waals surface area contributed by atoms with Crippen LogP contribution in [0.15, 0.2) is 42.9 Å². The lowest BCUT2D eigenvalue weighted by molar-refractivity contribution is -0.133. The predicted octanol–water partition coefficient (Wildman–Crippen LogP) is 2.10. The molecule has 0 bridgehead atoms. The number of likely N-dealkylation sites (tertiary alicyclic amines) is 1. The number of carbonyl (C=O) groups excluding carboxylic acids is 1. The summed E-state index contributed by atoms with van der Waals surface area (Å²) in [5.74, 6) is 1.72. The van der Waals surface area contributed by atoms with Crippen LogP contribution in [0.25, 0.3) is 0 Å². The van der Waals surface area contributed by atoms with Gasteiger partial charge in [-0.1, -0.05) is 6.07 Å². The van der Waals surface area contributed by atoms with Gasteiger partial charge in [0.1, 0.15) is 0 Å². The molecule has 2 fully saturated rings. The highest BCUT2D eigenvalue weighted by atomic mass is 16.2. The number of pyridine rings is 1. The van der Waals surface area contributed by atoms with Gasteiger partial charge in [0.15, 0.2) is 5.82 Å². The summed E-state index contributed by atoms with van der Waals surface area (Å²) in [5, 5.41) is 8.13. The Kier molecular flexibility index (Phi) is 4.34. The van der Waals surface area contributed by atoms with Crippen molar-refractivity contribution in [2.24, 2.45) is 5.92 Å². The molecule has 1 aliphatic carbocycles. The van der Waals surface area contributed by atoms with Crippen molar-refractivity contribution in [3.8, 4) is 0 Å². The van der Waals surface area contributed by atoms with Crippen molar-refractivity contribution in [2.75, 3.05) is 25.0 Å². The first-order valence-corrected chi connectivity index (χ1v) is 8.93. The van der Waals surface area contributed by atoms with Crippen LogP contribution in [0.1, 0.15) is 30.7 Å². The molecule has 4 rings (SSSR count). The summed E-state index contributed by atoms with van der Waals surface area (Å²) in [7, 11) is 2.06. The lowest BCUT2D eigenvalue weighted by atomic mass is 10.0. The summed E-state index contributed by atoms with van der Waals surface area (Å²) in [4.78, 5) is 21.2. The zero-order valence-electron chi connectivity index (χ0n) is 14.5. The highest BCUT2D eigenvalue weighted by Gasteiger charge is 2.46. The largest absolute Gasteiger partial charge is 0.355 e. The van der Waals surface area contributed by atoms with Crippen molar-refractivity contribution in [1.29, 1.82) is 0 Å². The normalized spacial score (nSPS) is 23.3. The van der Waals surface area contributed by atoms with Gasteiger partial charge in [0, 0.05) is 50.7 Å². The molecule has 0 spiro atoms. The zero-order valence-corrected chi connectivity index (χ0v) is 14.5. The van der Waals surface area contributed by atoms with Crippen molar-refractivity contribution in [1.82, 2.24) is 20.1 Å². The third-order valence-electron chi connectivity index (χ3n) is 5.46. The summed E-state index contributed by atoms with van der Waals surface area (Å²) in [6.07, 6.45) is 8.27. The molecule has 6 nitrogen and oxygen atoms in total. The molecule has 0 unspecified atom stereocenters. The van der Waals surface area contributed by atoms with Crippen LogP contribution in [0.4, 0.5) is 5.82 Å². The smallest absolute Gasteiger partial charge is 0.226 e. The molecule has 0 aromatic carbocycles. The molecule has 1 saturated heterocycles. The minimum Gasteiger partial charge on any atom is -0.355 e. The second-order valence-corrected chi connectivity index (χ2v) is 6.98. The van der Waals surface area contributed by atoms with Gasteiger partial charge in [-0.2, -0.15) is 5.10 Å². The van der Waals surface area contributed by atoms with Crippen molar-refractivity contribution >= 4 is 11.7 Å². The van der Waals surface area contributed by atoms with Crippen LogP contribution in [-0.2, 0) is 4.79 Å². The Bertz CT molecular complexity index is 715. The second kappa shape index (κ2) is 6.78.